The van der Waals surface area contributed by atoms with E-state index < -0.39 is 0 Å². The number of pyridine rings is 1. The first-order valence-electron chi connectivity index (χ1n) is 4.48. The Morgan fingerprint density at radius 1 is 1.47 bits per heavy atom. The number of aliphatic hydroxyl groups is 1. The van der Waals surface area contributed by atoms with Gasteiger partial charge in [-0.3, -0.25) is 0 Å². The fourth-order valence-corrected chi connectivity index (χ4v) is 1.64. The van der Waals surface area contributed by atoms with Gasteiger partial charge in [-0.2, -0.15) is 5.10 Å². The first kappa shape index (κ1) is 10.3. The summed E-state index contributed by atoms with van der Waals surface area (Å²) >= 11 is 3.32. The Morgan fingerprint density at radius 2 is 2.27 bits per heavy atom. The molecule has 0 aliphatic heterocycles. The third-order valence-electron chi connectivity index (χ3n) is 1.97. The summed E-state index contributed by atoms with van der Waals surface area (Å²) in [5, 5.41) is 13.2. The van der Waals surface area contributed by atoms with Crippen molar-refractivity contribution in [1.29, 1.82) is 0 Å². The number of rotatable bonds is 2. The summed E-state index contributed by atoms with van der Waals surface area (Å²) in [6.07, 6.45) is 3.52. The summed E-state index contributed by atoms with van der Waals surface area (Å²) in [6.45, 7) is 1.90. The minimum absolute atomic E-state index is 0.0127. The Bertz CT molecular complexity index is 481. The van der Waals surface area contributed by atoms with Crippen LogP contribution in [0, 0.1) is 6.92 Å². The van der Waals surface area contributed by atoms with Crippen molar-refractivity contribution < 1.29 is 5.11 Å². The van der Waals surface area contributed by atoms with Gasteiger partial charge in [-0.15, -0.1) is 0 Å². The van der Waals surface area contributed by atoms with Crippen LogP contribution in [0.3, 0.4) is 0 Å². The molecule has 0 saturated heterocycles. The van der Waals surface area contributed by atoms with Gasteiger partial charge in [0.2, 0.25) is 0 Å². The molecule has 0 atom stereocenters. The number of hydrogen-bond donors (Lipinski definition) is 1. The molecule has 0 aromatic carbocycles. The van der Waals surface area contributed by atoms with E-state index in [-0.39, 0.29) is 6.61 Å². The van der Waals surface area contributed by atoms with E-state index in [0.717, 1.165) is 15.7 Å². The van der Waals surface area contributed by atoms with Gasteiger partial charge < -0.3 is 5.11 Å². The summed E-state index contributed by atoms with van der Waals surface area (Å²) in [5.74, 6) is 0.713. The van der Waals surface area contributed by atoms with Gasteiger partial charge in [-0.25, -0.2) is 9.67 Å². The molecule has 0 fully saturated rings. The maximum Gasteiger partial charge on any atom is 0.153 e. The van der Waals surface area contributed by atoms with Crippen LogP contribution < -0.4 is 0 Å². The standard InChI is InChI=1S/C10H10BrN3O/c1-7-2-8(6-15)3-10(13-7)14-5-9(11)4-12-14/h2-5,15H,6H2,1H3. The molecule has 15 heavy (non-hydrogen) atoms. The van der Waals surface area contributed by atoms with E-state index in [0.29, 0.717) is 5.82 Å². The van der Waals surface area contributed by atoms with E-state index in [1.165, 1.54) is 0 Å². The second-order valence-electron chi connectivity index (χ2n) is 3.24. The molecule has 1 N–H and O–H groups in total. The van der Waals surface area contributed by atoms with Crippen LogP contribution in [0.1, 0.15) is 11.3 Å². The SMILES string of the molecule is Cc1cc(CO)cc(-n2cc(Br)cn2)n1. The van der Waals surface area contributed by atoms with Crippen molar-refractivity contribution in [3.63, 3.8) is 0 Å². The van der Waals surface area contributed by atoms with Gasteiger partial charge in [0, 0.05) is 11.9 Å². The lowest BCUT2D eigenvalue weighted by atomic mass is 10.2. The van der Waals surface area contributed by atoms with Gasteiger partial charge in [0.1, 0.15) is 0 Å². The number of halogens is 1. The molecule has 5 heteroatoms. The van der Waals surface area contributed by atoms with Crippen LogP contribution in [0.2, 0.25) is 0 Å². The van der Waals surface area contributed by atoms with Crippen molar-refractivity contribution in [3.05, 3.63) is 40.3 Å². The smallest absolute Gasteiger partial charge is 0.153 e. The highest BCUT2D eigenvalue weighted by Gasteiger charge is 2.03. The second kappa shape index (κ2) is 4.12. The van der Waals surface area contributed by atoms with E-state index in [4.69, 9.17) is 5.11 Å². The molecule has 2 rings (SSSR count). The summed E-state index contributed by atoms with van der Waals surface area (Å²) in [6, 6.07) is 3.66. The number of nitrogens with zero attached hydrogens (tertiary/aromatic N) is 3. The number of aromatic nitrogens is 3. The molecule has 0 bridgehead atoms. The molecule has 0 aliphatic carbocycles. The van der Waals surface area contributed by atoms with Gasteiger partial charge in [0.25, 0.3) is 0 Å². The van der Waals surface area contributed by atoms with Gasteiger partial charge in [0.15, 0.2) is 5.82 Å². The maximum atomic E-state index is 9.07. The topological polar surface area (TPSA) is 50.9 Å². The predicted octanol–water partition coefficient (Wildman–Crippen LogP) is 1.83. The van der Waals surface area contributed by atoms with Gasteiger partial charge >= 0.3 is 0 Å². The Morgan fingerprint density at radius 3 is 2.87 bits per heavy atom. The Hall–Kier alpha value is -1.20. The van der Waals surface area contributed by atoms with E-state index in [1.54, 1.807) is 10.9 Å². The zero-order chi connectivity index (χ0) is 10.8. The Balaban J connectivity index is 2.48. The molecule has 78 valence electrons. The lowest BCUT2D eigenvalue weighted by molar-refractivity contribution is 0.281. The van der Waals surface area contributed by atoms with Gasteiger partial charge in [-0.05, 0) is 40.5 Å². The Labute approximate surface area is 95.7 Å². The monoisotopic (exact) mass is 267 g/mol. The van der Waals surface area contributed by atoms with Gasteiger partial charge in [-0.1, -0.05) is 0 Å². The molecular weight excluding hydrogens is 258 g/mol. The zero-order valence-corrected chi connectivity index (χ0v) is 9.77. The molecule has 0 spiro atoms. The molecule has 2 aromatic heterocycles. The van der Waals surface area contributed by atoms with E-state index in [2.05, 4.69) is 26.0 Å². The van der Waals surface area contributed by atoms with Crippen LogP contribution in [-0.2, 0) is 6.61 Å². The third kappa shape index (κ3) is 2.24. The lowest BCUT2D eigenvalue weighted by Gasteiger charge is -2.04. The summed E-state index contributed by atoms with van der Waals surface area (Å²) in [5.41, 5.74) is 1.70. The van der Waals surface area contributed by atoms with Crippen molar-refractivity contribution in [1.82, 2.24) is 14.8 Å². The summed E-state index contributed by atoms with van der Waals surface area (Å²) in [4.78, 5) is 4.33. The Kier molecular flexibility index (Phi) is 2.83. The van der Waals surface area contributed by atoms with Crippen LogP contribution in [0.5, 0.6) is 0 Å². The zero-order valence-electron chi connectivity index (χ0n) is 8.18. The van der Waals surface area contributed by atoms with Crippen molar-refractivity contribution >= 4 is 15.9 Å². The van der Waals surface area contributed by atoms with Crippen LogP contribution >= 0.6 is 15.9 Å². The highest BCUT2D eigenvalue weighted by molar-refractivity contribution is 9.10. The summed E-state index contributed by atoms with van der Waals surface area (Å²) < 4.78 is 2.56. The molecule has 0 radical (unpaired) electrons. The second-order valence-corrected chi connectivity index (χ2v) is 4.15. The van der Waals surface area contributed by atoms with Crippen LogP contribution in [0.25, 0.3) is 5.82 Å². The normalized spacial score (nSPS) is 10.6. The predicted molar refractivity (Wildman–Crippen MR) is 59.7 cm³/mol. The third-order valence-corrected chi connectivity index (χ3v) is 2.38. The molecular formula is C10H10BrN3O. The minimum atomic E-state index is 0.0127. The average Bonchev–Trinajstić information content (AvgIpc) is 2.64. The fraction of sp³-hybridized carbons (Fsp3) is 0.200. The fourth-order valence-electron chi connectivity index (χ4n) is 1.36. The van der Waals surface area contributed by atoms with E-state index in [1.807, 2.05) is 25.3 Å². The molecule has 0 unspecified atom stereocenters. The van der Waals surface area contributed by atoms with Gasteiger partial charge in [0.05, 0.1) is 17.3 Å². The molecule has 4 nitrogen and oxygen atoms in total. The largest absolute Gasteiger partial charge is 0.392 e. The quantitative estimate of drug-likeness (QED) is 0.904. The van der Waals surface area contributed by atoms with Crippen LogP contribution in [0.15, 0.2) is 29.0 Å². The highest BCUT2D eigenvalue weighted by atomic mass is 79.9. The molecule has 0 saturated carbocycles. The number of hydrogen-bond acceptors (Lipinski definition) is 3. The first-order valence-corrected chi connectivity index (χ1v) is 5.27. The molecule has 2 aromatic rings. The molecule has 0 aliphatic rings. The number of aryl methyl sites for hydroxylation is 1. The van der Waals surface area contributed by atoms with E-state index >= 15 is 0 Å². The average molecular weight is 268 g/mol. The number of aliphatic hydroxyl groups excluding tert-OH is 1. The minimum Gasteiger partial charge on any atom is -0.392 e. The molecule has 2 heterocycles. The van der Waals surface area contributed by atoms with Crippen LogP contribution in [-0.4, -0.2) is 19.9 Å². The van der Waals surface area contributed by atoms with Crippen molar-refractivity contribution in [2.24, 2.45) is 0 Å². The summed E-state index contributed by atoms with van der Waals surface area (Å²) in [7, 11) is 0. The van der Waals surface area contributed by atoms with Crippen LogP contribution in [0.4, 0.5) is 0 Å². The molecule has 0 amide bonds. The maximum absolute atomic E-state index is 9.07. The lowest BCUT2D eigenvalue weighted by Crippen LogP contribution is -2.01. The first-order chi connectivity index (χ1) is 7.19. The van der Waals surface area contributed by atoms with Crippen molar-refractivity contribution in [2.45, 2.75) is 13.5 Å². The van der Waals surface area contributed by atoms with Crippen molar-refractivity contribution in [2.75, 3.05) is 0 Å². The van der Waals surface area contributed by atoms with Crippen molar-refractivity contribution in [3.8, 4) is 5.82 Å². The highest BCUT2D eigenvalue weighted by Crippen LogP contribution is 2.13. The van der Waals surface area contributed by atoms with E-state index in [9.17, 15) is 0 Å².